The highest BCUT2D eigenvalue weighted by Crippen LogP contribution is 2.35. The van der Waals surface area contributed by atoms with Crippen LogP contribution in [0.1, 0.15) is 23.6 Å². The van der Waals surface area contributed by atoms with Gasteiger partial charge in [-0.25, -0.2) is 9.69 Å². The quantitative estimate of drug-likeness (QED) is 0.224. The Morgan fingerprint density at radius 3 is 2.50 bits per heavy atom. The fourth-order valence-corrected chi connectivity index (χ4v) is 4.53. The van der Waals surface area contributed by atoms with Crippen LogP contribution < -0.4 is 20.1 Å². The van der Waals surface area contributed by atoms with Crippen LogP contribution in [0, 0.1) is 0 Å². The van der Waals surface area contributed by atoms with Gasteiger partial charge < -0.3 is 20.1 Å². The highest BCUT2D eigenvalue weighted by atomic mass is 79.9. The zero-order valence-corrected chi connectivity index (χ0v) is 23.9. The number of para-hydroxylation sites is 1. The Balaban J connectivity index is 1.47. The first-order chi connectivity index (χ1) is 18.3. The number of amides is 4. The minimum absolute atomic E-state index is 0.0445. The number of rotatable bonds is 9. The molecule has 0 spiro atoms. The summed E-state index contributed by atoms with van der Waals surface area (Å²) in [6.07, 6.45) is 2.26. The Morgan fingerprint density at radius 2 is 1.79 bits per heavy atom. The van der Waals surface area contributed by atoms with Crippen LogP contribution in [0.3, 0.4) is 0 Å². The lowest BCUT2D eigenvalue weighted by Crippen LogP contribution is -2.38. The molecule has 0 atom stereocenters. The third-order valence-corrected chi connectivity index (χ3v) is 7.04. The molecule has 0 aliphatic carbocycles. The van der Waals surface area contributed by atoms with Gasteiger partial charge >= 0.3 is 6.03 Å². The molecular weight excluding hydrogens is 618 g/mol. The van der Waals surface area contributed by atoms with Gasteiger partial charge in [0.1, 0.15) is 18.8 Å². The molecule has 0 unspecified atom stereocenters. The summed E-state index contributed by atoms with van der Waals surface area (Å²) in [7, 11) is 1.52. The molecule has 3 aromatic carbocycles. The molecule has 0 saturated carbocycles. The number of urea groups is 1. The molecule has 1 aliphatic heterocycles. The van der Waals surface area contributed by atoms with Crippen molar-refractivity contribution in [3.8, 4) is 11.5 Å². The summed E-state index contributed by atoms with van der Waals surface area (Å²) in [5, 5.41) is 5.32. The number of carbonyl (C=O) groups is 3. The number of ether oxygens (including phenoxy) is 2. The smallest absolute Gasteiger partial charge is 0.329 e. The van der Waals surface area contributed by atoms with Crippen molar-refractivity contribution in [3.05, 3.63) is 92.0 Å². The van der Waals surface area contributed by atoms with E-state index in [2.05, 4.69) is 42.5 Å². The molecule has 196 valence electrons. The molecule has 0 aromatic heterocycles. The van der Waals surface area contributed by atoms with E-state index in [1.165, 1.54) is 13.2 Å². The molecular formula is C28H25Br2N3O5. The van der Waals surface area contributed by atoms with Crippen molar-refractivity contribution in [2.75, 3.05) is 19.0 Å². The molecule has 38 heavy (non-hydrogen) atoms. The summed E-state index contributed by atoms with van der Waals surface area (Å²) < 4.78 is 13.0. The molecule has 4 rings (SSSR count). The maximum absolute atomic E-state index is 13.0. The predicted molar refractivity (Wildman–Crippen MR) is 152 cm³/mol. The average molecular weight is 643 g/mol. The van der Waals surface area contributed by atoms with Gasteiger partial charge in [0.15, 0.2) is 11.5 Å². The Hall–Kier alpha value is -3.63. The number of nitrogens with one attached hydrogen (secondary N) is 2. The lowest BCUT2D eigenvalue weighted by molar-refractivity contribution is -0.127. The van der Waals surface area contributed by atoms with Crippen LogP contribution in [0.4, 0.5) is 10.5 Å². The van der Waals surface area contributed by atoms with E-state index >= 15 is 0 Å². The lowest BCUT2D eigenvalue weighted by Gasteiger charge is -2.14. The molecule has 3 aromatic rings. The van der Waals surface area contributed by atoms with Crippen LogP contribution in [0.5, 0.6) is 11.5 Å². The van der Waals surface area contributed by atoms with Gasteiger partial charge in [0.2, 0.25) is 5.91 Å². The van der Waals surface area contributed by atoms with E-state index in [1.54, 1.807) is 18.2 Å². The highest BCUT2D eigenvalue weighted by molar-refractivity contribution is 9.10. The summed E-state index contributed by atoms with van der Waals surface area (Å²) in [6.45, 7) is 1.91. The summed E-state index contributed by atoms with van der Waals surface area (Å²) in [6, 6.07) is 17.9. The molecule has 0 radical (unpaired) electrons. The molecule has 4 amide bonds. The summed E-state index contributed by atoms with van der Waals surface area (Å²) >= 11 is 6.92. The predicted octanol–water partition coefficient (Wildman–Crippen LogP) is 5.89. The Kier molecular flexibility index (Phi) is 8.85. The number of benzene rings is 3. The second-order valence-corrected chi connectivity index (χ2v) is 10.1. The largest absolute Gasteiger partial charge is 0.493 e. The minimum atomic E-state index is -0.669. The fraction of sp³-hybridized carbons (Fsp3) is 0.179. The zero-order chi connectivity index (χ0) is 27.2. The number of hydrogen-bond donors (Lipinski definition) is 2. The Labute approximate surface area is 237 Å². The molecule has 1 aliphatic rings. The molecule has 8 nitrogen and oxygen atoms in total. The van der Waals surface area contributed by atoms with Gasteiger partial charge in [-0.3, -0.25) is 9.59 Å². The van der Waals surface area contributed by atoms with Crippen LogP contribution in [-0.4, -0.2) is 36.4 Å². The van der Waals surface area contributed by atoms with Crippen molar-refractivity contribution in [1.29, 1.82) is 0 Å². The van der Waals surface area contributed by atoms with E-state index in [1.807, 2.05) is 49.4 Å². The molecule has 1 saturated heterocycles. The van der Waals surface area contributed by atoms with Crippen LogP contribution in [0.15, 0.2) is 75.3 Å². The van der Waals surface area contributed by atoms with Gasteiger partial charge in [-0.2, -0.15) is 0 Å². The number of aryl methyl sites for hydroxylation is 1. The first-order valence-electron chi connectivity index (χ1n) is 11.8. The monoisotopic (exact) mass is 641 g/mol. The van der Waals surface area contributed by atoms with Gasteiger partial charge in [0.25, 0.3) is 5.91 Å². The van der Waals surface area contributed by atoms with Gasteiger partial charge in [-0.15, -0.1) is 0 Å². The van der Waals surface area contributed by atoms with Gasteiger partial charge in [0.05, 0.1) is 7.11 Å². The normalized spacial score (nSPS) is 14.0. The van der Waals surface area contributed by atoms with Crippen LogP contribution in [0.2, 0.25) is 0 Å². The number of nitrogens with zero attached hydrogens (tertiary/aromatic N) is 1. The topological polar surface area (TPSA) is 97.0 Å². The number of imide groups is 1. The molecule has 1 fully saturated rings. The van der Waals surface area contributed by atoms with Crippen molar-refractivity contribution in [2.24, 2.45) is 0 Å². The molecule has 1 heterocycles. The molecule has 0 bridgehead atoms. The second-order valence-electron chi connectivity index (χ2n) is 8.38. The average Bonchev–Trinajstić information content (AvgIpc) is 3.17. The van der Waals surface area contributed by atoms with Crippen molar-refractivity contribution < 1.29 is 23.9 Å². The van der Waals surface area contributed by atoms with E-state index in [4.69, 9.17) is 9.47 Å². The van der Waals surface area contributed by atoms with E-state index in [-0.39, 0.29) is 5.70 Å². The fourth-order valence-electron chi connectivity index (χ4n) is 3.83. The zero-order valence-electron chi connectivity index (χ0n) is 20.7. The van der Waals surface area contributed by atoms with E-state index < -0.39 is 24.4 Å². The SMILES string of the molecule is CCc1ccccc1NC(=O)CN1C(=O)N/C(=C/c2cc(OC)c(OCc3ccc(Br)cc3)cc2Br)C1=O. The summed E-state index contributed by atoms with van der Waals surface area (Å²) in [5.74, 6) is -0.0993. The van der Waals surface area contributed by atoms with Crippen molar-refractivity contribution in [3.63, 3.8) is 0 Å². The van der Waals surface area contributed by atoms with E-state index in [0.29, 0.717) is 33.8 Å². The van der Waals surface area contributed by atoms with Crippen molar-refractivity contribution in [2.45, 2.75) is 20.0 Å². The lowest BCUT2D eigenvalue weighted by atomic mass is 10.1. The van der Waals surface area contributed by atoms with Crippen molar-refractivity contribution >= 4 is 61.5 Å². The molecule has 2 N–H and O–H groups in total. The van der Waals surface area contributed by atoms with Gasteiger partial charge in [-0.1, -0.05) is 69.1 Å². The molecule has 10 heteroatoms. The second kappa shape index (κ2) is 12.3. The van der Waals surface area contributed by atoms with E-state index in [9.17, 15) is 14.4 Å². The third kappa shape index (κ3) is 6.43. The number of hydrogen-bond acceptors (Lipinski definition) is 5. The van der Waals surface area contributed by atoms with Crippen molar-refractivity contribution in [1.82, 2.24) is 10.2 Å². The minimum Gasteiger partial charge on any atom is -0.493 e. The van der Waals surface area contributed by atoms with Gasteiger partial charge in [-0.05, 0) is 59.5 Å². The van der Waals surface area contributed by atoms with E-state index in [0.717, 1.165) is 26.9 Å². The number of anilines is 1. The Morgan fingerprint density at radius 1 is 1.05 bits per heavy atom. The maximum Gasteiger partial charge on any atom is 0.329 e. The number of halogens is 2. The first kappa shape index (κ1) is 27.4. The highest BCUT2D eigenvalue weighted by Gasteiger charge is 2.35. The first-order valence-corrected chi connectivity index (χ1v) is 13.3. The number of methoxy groups -OCH3 is 1. The maximum atomic E-state index is 13.0. The van der Waals surface area contributed by atoms with Gasteiger partial charge in [0, 0.05) is 14.6 Å². The van der Waals surface area contributed by atoms with Crippen LogP contribution in [0.25, 0.3) is 6.08 Å². The summed E-state index contributed by atoms with van der Waals surface area (Å²) in [5.41, 5.74) is 3.23. The standard InChI is InChI=1S/C28H25Br2N3O5/c1-3-18-6-4-5-7-22(18)31-26(34)15-33-27(35)23(32-28(33)36)12-19-13-24(37-2)25(14-21(19)30)38-16-17-8-10-20(29)11-9-17/h4-14H,3,15-16H2,1-2H3,(H,31,34)(H,32,36)/b23-12+. The third-order valence-electron chi connectivity index (χ3n) is 5.83. The Bertz CT molecular complexity index is 1410. The summed E-state index contributed by atoms with van der Waals surface area (Å²) in [4.78, 5) is 39.0. The number of carbonyl (C=O) groups excluding carboxylic acids is 3. The van der Waals surface area contributed by atoms with Crippen LogP contribution >= 0.6 is 31.9 Å². The van der Waals surface area contributed by atoms with Crippen LogP contribution in [-0.2, 0) is 22.6 Å².